The van der Waals surface area contributed by atoms with Crippen molar-refractivity contribution >= 4 is 17.9 Å². The maximum atomic E-state index is 12.8. The van der Waals surface area contributed by atoms with Gasteiger partial charge in [-0.05, 0) is 37.0 Å². The highest BCUT2D eigenvalue weighted by Gasteiger charge is 2.19. The summed E-state index contributed by atoms with van der Waals surface area (Å²) in [6.45, 7) is 13.7. The summed E-state index contributed by atoms with van der Waals surface area (Å²) in [5.41, 5.74) is 0. The minimum absolute atomic E-state index is 0.0644. The molecule has 6 heteroatoms. The van der Waals surface area contributed by atoms with Crippen LogP contribution in [0.2, 0.25) is 0 Å². The molecular formula is C58H112O6. The summed E-state index contributed by atoms with van der Waals surface area (Å²) in [5.74, 6) is 1.61. The normalized spacial score (nSPS) is 12.1. The first kappa shape index (κ1) is 62.4. The number of hydrogen-bond donors (Lipinski definition) is 0. The Morgan fingerprint density at radius 3 is 0.672 bits per heavy atom. The molecule has 0 saturated heterocycles. The van der Waals surface area contributed by atoms with Crippen molar-refractivity contribution in [2.75, 3.05) is 13.2 Å². The molecule has 0 aliphatic rings. The van der Waals surface area contributed by atoms with E-state index in [1.807, 2.05) is 0 Å². The molecule has 64 heavy (non-hydrogen) atoms. The van der Waals surface area contributed by atoms with E-state index in [2.05, 4.69) is 41.5 Å². The molecule has 1 atom stereocenters. The van der Waals surface area contributed by atoms with Crippen LogP contribution in [0, 0.1) is 17.8 Å². The van der Waals surface area contributed by atoms with Crippen molar-refractivity contribution in [3.63, 3.8) is 0 Å². The standard InChI is InChI=1S/C58H112O6/c1-52(2)44-38-32-26-22-18-14-10-7-8-12-16-20-24-28-35-41-47-56(59)62-50-55(51-63-57(60)48-42-36-31-30-34-40-46-54(5)6)64-58(61)49-43-37-29-25-21-17-13-9-11-15-19-23-27-33-39-45-53(3)4/h52-55H,7-51H2,1-6H3/t55-/m1/s1. The summed E-state index contributed by atoms with van der Waals surface area (Å²) in [4.78, 5) is 38.0. The Morgan fingerprint density at radius 2 is 0.453 bits per heavy atom. The van der Waals surface area contributed by atoms with Gasteiger partial charge in [0.15, 0.2) is 6.10 Å². The molecule has 0 aliphatic heterocycles. The van der Waals surface area contributed by atoms with Crippen LogP contribution >= 0.6 is 0 Å². The Kier molecular flexibility index (Phi) is 48.1. The maximum absolute atomic E-state index is 12.8. The van der Waals surface area contributed by atoms with Crippen molar-refractivity contribution in [3.8, 4) is 0 Å². The summed E-state index contributed by atoms with van der Waals surface area (Å²) in [6.07, 6.45) is 51.1. The zero-order valence-corrected chi connectivity index (χ0v) is 44.1. The van der Waals surface area contributed by atoms with Crippen LogP contribution in [0.25, 0.3) is 0 Å². The fourth-order valence-corrected chi connectivity index (χ4v) is 8.82. The molecule has 0 saturated carbocycles. The van der Waals surface area contributed by atoms with Gasteiger partial charge in [-0.1, -0.05) is 279 Å². The van der Waals surface area contributed by atoms with Gasteiger partial charge < -0.3 is 14.2 Å². The highest BCUT2D eigenvalue weighted by atomic mass is 16.6. The van der Waals surface area contributed by atoms with E-state index >= 15 is 0 Å². The lowest BCUT2D eigenvalue weighted by molar-refractivity contribution is -0.167. The number of carbonyl (C=O) groups excluding carboxylic acids is 3. The SMILES string of the molecule is CC(C)CCCCCCCCCCCCCCCCCCC(=O)OC[C@H](COC(=O)CCCCCCCCC(C)C)OC(=O)CCCCCCCCCCCCCCCCCC(C)C. The number of hydrogen-bond acceptors (Lipinski definition) is 6. The van der Waals surface area contributed by atoms with Crippen molar-refractivity contribution < 1.29 is 28.6 Å². The lowest BCUT2D eigenvalue weighted by atomic mass is 10.0. The molecule has 0 aromatic heterocycles. The molecule has 0 bridgehead atoms. The minimum atomic E-state index is -0.763. The number of rotatable bonds is 51. The minimum Gasteiger partial charge on any atom is -0.462 e. The topological polar surface area (TPSA) is 78.9 Å². The summed E-state index contributed by atoms with van der Waals surface area (Å²) < 4.78 is 16.8. The molecule has 0 aromatic rings. The lowest BCUT2D eigenvalue weighted by Crippen LogP contribution is -2.30. The summed E-state index contributed by atoms with van der Waals surface area (Å²) in [7, 11) is 0. The summed E-state index contributed by atoms with van der Waals surface area (Å²) in [6, 6.07) is 0. The molecule has 0 amide bonds. The van der Waals surface area contributed by atoms with E-state index < -0.39 is 6.10 Å². The fraction of sp³-hybridized carbons (Fsp3) is 0.948. The monoisotopic (exact) mass is 905 g/mol. The zero-order valence-electron chi connectivity index (χ0n) is 44.1. The van der Waals surface area contributed by atoms with Crippen LogP contribution in [0.5, 0.6) is 0 Å². The molecule has 380 valence electrons. The molecule has 0 N–H and O–H groups in total. The Hall–Kier alpha value is -1.59. The van der Waals surface area contributed by atoms with E-state index in [1.165, 1.54) is 199 Å². The van der Waals surface area contributed by atoms with Crippen LogP contribution in [0.4, 0.5) is 0 Å². The molecular weight excluding hydrogens is 793 g/mol. The highest BCUT2D eigenvalue weighted by Crippen LogP contribution is 2.18. The molecule has 0 aromatic carbocycles. The van der Waals surface area contributed by atoms with E-state index in [0.717, 1.165) is 75.5 Å². The van der Waals surface area contributed by atoms with Crippen molar-refractivity contribution in [2.24, 2.45) is 17.8 Å². The second-order valence-corrected chi connectivity index (χ2v) is 21.4. The quantitative estimate of drug-likeness (QED) is 0.0344. The smallest absolute Gasteiger partial charge is 0.306 e. The second-order valence-electron chi connectivity index (χ2n) is 21.4. The number of carbonyl (C=O) groups is 3. The Bertz CT molecular complexity index is 991. The fourth-order valence-electron chi connectivity index (χ4n) is 8.82. The van der Waals surface area contributed by atoms with Crippen LogP contribution in [0.15, 0.2) is 0 Å². The lowest BCUT2D eigenvalue weighted by Gasteiger charge is -2.18. The Morgan fingerprint density at radius 1 is 0.266 bits per heavy atom. The van der Waals surface area contributed by atoms with Gasteiger partial charge in [0, 0.05) is 19.3 Å². The summed E-state index contributed by atoms with van der Waals surface area (Å²) >= 11 is 0. The van der Waals surface area contributed by atoms with Crippen molar-refractivity contribution in [3.05, 3.63) is 0 Å². The van der Waals surface area contributed by atoms with Gasteiger partial charge in [-0.25, -0.2) is 0 Å². The molecule has 0 radical (unpaired) electrons. The van der Waals surface area contributed by atoms with Crippen molar-refractivity contribution in [2.45, 2.75) is 324 Å². The molecule has 0 aliphatic carbocycles. The Labute approximate surface area is 399 Å². The molecule has 0 spiro atoms. The first-order chi connectivity index (χ1) is 31.1. The van der Waals surface area contributed by atoms with Gasteiger partial charge >= 0.3 is 17.9 Å². The number of ether oxygens (including phenoxy) is 3. The molecule has 0 fully saturated rings. The van der Waals surface area contributed by atoms with Gasteiger partial charge in [0.25, 0.3) is 0 Å². The zero-order chi connectivity index (χ0) is 47.0. The number of esters is 3. The average Bonchev–Trinajstić information content (AvgIpc) is 3.25. The first-order valence-corrected chi connectivity index (χ1v) is 28.6. The highest BCUT2D eigenvalue weighted by molar-refractivity contribution is 5.71. The van der Waals surface area contributed by atoms with E-state index in [1.54, 1.807) is 0 Å². The van der Waals surface area contributed by atoms with E-state index in [-0.39, 0.29) is 31.1 Å². The average molecular weight is 906 g/mol. The molecule has 0 rings (SSSR count). The first-order valence-electron chi connectivity index (χ1n) is 28.6. The number of unbranched alkanes of at least 4 members (excludes halogenated alkanes) is 34. The van der Waals surface area contributed by atoms with Crippen LogP contribution in [-0.4, -0.2) is 37.2 Å². The van der Waals surface area contributed by atoms with Gasteiger partial charge in [-0.3, -0.25) is 14.4 Å². The van der Waals surface area contributed by atoms with Gasteiger partial charge in [-0.2, -0.15) is 0 Å². The third kappa shape index (κ3) is 51.4. The van der Waals surface area contributed by atoms with Crippen LogP contribution < -0.4 is 0 Å². The molecule has 0 heterocycles. The van der Waals surface area contributed by atoms with Gasteiger partial charge in [0.05, 0.1) is 0 Å². The summed E-state index contributed by atoms with van der Waals surface area (Å²) in [5, 5.41) is 0. The predicted octanol–water partition coefficient (Wildman–Crippen LogP) is 18.7. The van der Waals surface area contributed by atoms with E-state index in [9.17, 15) is 14.4 Å². The van der Waals surface area contributed by atoms with E-state index in [0.29, 0.717) is 19.3 Å². The predicted molar refractivity (Wildman–Crippen MR) is 275 cm³/mol. The molecule has 0 unspecified atom stereocenters. The van der Waals surface area contributed by atoms with Gasteiger partial charge in [0.2, 0.25) is 0 Å². The van der Waals surface area contributed by atoms with Gasteiger partial charge in [-0.15, -0.1) is 0 Å². The van der Waals surface area contributed by atoms with Crippen molar-refractivity contribution in [1.82, 2.24) is 0 Å². The largest absolute Gasteiger partial charge is 0.462 e. The van der Waals surface area contributed by atoms with Crippen LogP contribution in [0.3, 0.4) is 0 Å². The third-order valence-electron chi connectivity index (χ3n) is 13.1. The van der Waals surface area contributed by atoms with Crippen molar-refractivity contribution in [1.29, 1.82) is 0 Å². The molecule has 6 nitrogen and oxygen atoms in total. The van der Waals surface area contributed by atoms with Crippen LogP contribution in [-0.2, 0) is 28.6 Å². The van der Waals surface area contributed by atoms with Crippen LogP contribution in [0.1, 0.15) is 318 Å². The maximum Gasteiger partial charge on any atom is 0.306 e. The van der Waals surface area contributed by atoms with E-state index in [4.69, 9.17) is 14.2 Å². The second kappa shape index (κ2) is 49.3. The van der Waals surface area contributed by atoms with Gasteiger partial charge in [0.1, 0.15) is 13.2 Å². The Balaban J connectivity index is 4.21. The third-order valence-corrected chi connectivity index (χ3v) is 13.1.